The first kappa shape index (κ1) is 14.8. The molecule has 2 aromatic carbocycles. The lowest BCUT2D eigenvalue weighted by Gasteiger charge is -2.28. The van der Waals surface area contributed by atoms with Crippen LogP contribution in [-0.4, -0.2) is 22.2 Å². The third-order valence-corrected chi connectivity index (χ3v) is 4.82. The first-order valence-corrected chi connectivity index (χ1v) is 7.94. The van der Waals surface area contributed by atoms with E-state index < -0.39 is 6.10 Å². The number of phenolic OH excluding ortho intramolecular Hbond substituents is 1. The van der Waals surface area contributed by atoms with Gasteiger partial charge in [-0.1, -0.05) is 18.2 Å². The number of nitrogens with two attached hydrogens (primary N) is 1. The molecule has 0 spiro atoms. The largest absolute Gasteiger partial charge is 0.508 e. The maximum Gasteiger partial charge on any atom is 0.256 e. The first-order chi connectivity index (χ1) is 11.5. The van der Waals surface area contributed by atoms with Crippen molar-refractivity contribution in [3.63, 3.8) is 0 Å². The summed E-state index contributed by atoms with van der Waals surface area (Å²) in [5.41, 5.74) is 10.3. The quantitative estimate of drug-likeness (QED) is 0.477. The number of fused-ring (bicyclic) bond motifs is 2. The Bertz CT molecular complexity index is 873. The molecule has 5 N–H and O–H groups in total. The van der Waals surface area contributed by atoms with Gasteiger partial charge in [0, 0.05) is 34.9 Å². The molecule has 0 aromatic heterocycles. The van der Waals surface area contributed by atoms with E-state index in [-0.39, 0.29) is 17.6 Å². The lowest BCUT2D eigenvalue weighted by molar-refractivity contribution is -0.110. The van der Waals surface area contributed by atoms with E-state index in [2.05, 4.69) is 5.32 Å². The monoisotopic (exact) mass is 322 g/mol. The Kier molecular flexibility index (Phi) is 3.32. The van der Waals surface area contributed by atoms with Crippen LogP contribution in [0.15, 0.2) is 42.5 Å². The van der Waals surface area contributed by atoms with Crippen LogP contribution in [0.25, 0.3) is 5.57 Å². The average molecular weight is 322 g/mol. The molecule has 4 rings (SSSR count). The van der Waals surface area contributed by atoms with Crippen molar-refractivity contribution < 1.29 is 15.0 Å². The number of hydrogen-bond acceptors (Lipinski definition) is 4. The van der Waals surface area contributed by atoms with Gasteiger partial charge in [0.15, 0.2) is 0 Å². The van der Waals surface area contributed by atoms with Gasteiger partial charge >= 0.3 is 0 Å². The maximum absolute atomic E-state index is 12.3. The van der Waals surface area contributed by atoms with Crippen LogP contribution in [0.5, 0.6) is 5.75 Å². The van der Waals surface area contributed by atoms with Crippen LogP contribution in [-0.2, 0) is 17.6 Å². The molecular formula is C19H18N2O3. The number of aliphatic hydroxyl groups excluding tert-OH is 1. The summed E-state index contributed by atoms with van der Waals surface area (Å²) in [5.74, 6) is -0.147. The van der Waals surface area contributed by atoms with E-state index >= 15 is 0 Å². The van der Waals surface area contributed by atoms with E-state index in [9.17, 15) is 15.0 Å². The van der Waals surface area contributed by atoms with E-state index in [0.29, 0.717) is 24.1 Å². The molecule has 1 aliphatic heterocycles. The molecule has 0 radical (unpaired) electrons. The predicted molar refractivity (Wildman–Crippen MR) is 92.5 cm³/mol. The van der Waals surface area contributed by atoms with E-state index in [1.165, 1.54) is 0 Å². The van der Waals surface area contributed by atoms with E-state index in [1.54, 1.807) is 30.3 Å². The zero-order chi connectivity index (χ0) is 16.8. The van der Waals surface area contributed by atoms with Crippen molar-refractivity contribution in [2.24, 2.45) is 5.92 Å². The number of hydrogen-bond donors (Lipinski definition) is 4. The lowest BCUT2D eigenvalue weighted by Crippen LogP contribution is -2.29. The van der Waals surface area contributed by atoms with Crippen molar-refractivity contribution in [1.29, 1.82) is 0 Å². The highest BCUT2D eigenvalue weighted by atomic mass is 16.3. The van der Waals surface area contributed by atoms with Crippen molar-refractivity contribution in [2.45, 2.75) is 18.9 Å². The van der Waals surface area contributed by atoms with E-state index in [1.807, 2.05) is 12.1 Å². The fourth-order valence-electron chi connectivity index (χ4n) is 3.55. The summed E-state index contributed by atoms with van der Waals surface area (Å²) in [6.07, 6.45) is 2.15. The van der Waals surface area contributed by atoms with Gasteiger partial charge in [0.25, 0.3) is 5.91 Å². The van der Waals surface area contributed by atoms with Gasteiger partial charge in [0.1, 0.15) is 5.75 Å². The third kappa shape index (κ3) is 2.34. The second-order valence-electron chi connectivity index (χ2n) is 6.39. The number of rotatable bonds is 1. The van der Waals surface area contributed by atoms with Gasteiger partial charge in [-0.2, -0.15) is 0 Å². The van der Waals surface area contributed by atoms with Crippen molar-refractivity contribution in [1.82, 2.24) is 0 Å². The van der Waals surface area contributed by atoms with Crippen LogP contribution in [0.1, 0.15) is 16.7 Å². The Morgan fingerprint density at radius 1 is 1.21 bits per heavy atom. The maximum atomic E-state index is 12.3. The van der Waals surface area contributed by atoms with Crippen molar-refractivity contribution in [3.05, 3.63) is 59.2 Å². The molecule has 2 unspecified atom stereocenters. The van der Waals surface area contributed by atoms with Gasteiger partial charge in [-0.05, 0) is 41.8 Å². The number of nitrogens with one attached hydrogen (secondary N) is 1. The van der Waals surface area contributed by atoms with Gasteiger partial charge in [0.05, 0.1) is 6.10 Å². The molecule has 0 bridgehead atoms. The second-order valence-corrected chi connectivity index (χ2v) is 6.39. The smallest absolute Gasteiger partial charge is 0.256 e. The zero-order valence-electron chi connectivity index (χ0n) is 13.0. The molecule has 0 fully saturated rings. The minimum atomic E-state index is -0.642. The van der Waals surface area contributed by atoms with Crippen LogP contribution in [0.2, 0.25) is 0 Å². The number of amides is 1. The Balaban J connectivity index is 1.72. The first-order valence-electron chi connectivity index (χ1n) is 7.94. The Hall–Kier alpha value is -2.79. The van der Waals surface area contributed by atoms with Crippen LogP contribution < -0.4 is 11.1 Å². The second kappa shape index (κ2) is 5.39. The number of carbonyl (C=O) groups excluding carboxylic acids is 1. The zero-order valence-corrected chi connectivity index (χ0v) is 13.0. The molecule has 1 heterocycles. The highest BCUT2D eigenvalue weighted by Gasteiger charge is 2.31. The molecule has 2 aromatic rings. The summed E-state index contributed by atoms with van der Waals surface area (Å²) in [6.45, 7) is 0. The van der Waals surface area contributed by atoms with Gasteiger partial charge in [0.2, 0.25) is 0 Å². The standard InChI is InChI=1S/C19H18N2O3/c20-12-4-5-16-14(8-12)15(19(24)21-16)7-11-6-10-2-1-3-17(22)13(10)9-18(11)23/h1-5,7-8,11,18,22-23H,6,9,20H2,(H,21,24). The van der Waals surface area contributed by atoms with Crippen LogP contribution >= 0.6 is 0 Å². The Labute approximate surface area is 139 Å². The van der Waals surface area contributed by atoms with Gasteiger partial charge in [-0.3, -0.25) is 4.79 Å². The van der Waals surface area contributed by atoms with Crippen LogP contribution in [0, 0.1) is 5.92 Å². The number of phenols is 1. The SMILES string of the molecule is Nc1ccc2c(c1)C(=CC1Cc3cccc(O)c3CC1O)C(=O)N2. The van der Waals surface area contributed by atoms with Crippen molar-refractivity contribution in [3.8, 4) is 5.75 Å². The molecule has 0 saturated carbocycles. The number of benzene rings is 2. The topological polar surface area (TPSA) is 95.6 Å². The van der Waals surface area contributed by atoms with E-state index in [0.717, 1.165) is 22.4 Å². The molecule has 1 aliphatic carbocycles. The Morgan fingerprint density at radius 2 is 2.04 bits per heavy atom. The molecule has 5 heteroatoms. The number of anilines is 2. The van der Waals surface area contributed by atoms with Crippen LogP contribution in [0.3, 0.4) is 0 Å². The highest BCUT2D eigenvalue weighted by molar-refractivity contribution is 6.31. The summed E-state index contributed by atoms with van der Waals surface area (Å²) in [5, 5.41) is 23.2. The molecule has 5 nitrogen and oxygen atoms in total. The molecule has 2 atom stereocenters. The molecule has 1 amide bonds. The fourth-order valence-corrected chi connectivity index (χ4v) is 3.55. The summed E-state index contributed by atoms with van der Waals surface area (Å²) in [7, 11) is 0. The highest BCUT2D eigenvalue weighted by Crippen LogP contribution is 2.37. The minimum absolute atomic E-state index is 0.176. The number of nitrogen functional groups attached to an aromatic ring is 1. The summed E-state index contributed by atoms with van der Waals surface area (Å²) in [6, 6.07) is 10.7. The van der Waals surface area contributed by atoms with E-state index in [4.69, 9.17) is 5.73 Å². The van der Waals surface area contributed by atoms with Gasteiger partial charge in [-0.15, -0.1) is 0 Å². The van der Waals surface area contributed by atoms with Crippen molar-refractivity contribution in [2.75, 3.05) is 11.1 Å². The molecular weight excluding hydrogens is 304 g/mol. The Morgan fingerprint density at radius 3 is 2.88 bits per heavy atom. The third-order valence-electron chi connectivity index (χ3n) is 4.82. The van der Waals surface area contributed by atoms with Crippen LogP contribution in [0.4, 0.5) is 11.4 Å². The molecule has 122 valence electrons. The van der Waals surface area contributed by atoms with Crippen molar-refractivity contribution >= 4 is 22.9 Å². The predicted octanol–water partition coefficient (Wildman–Crippen LogP) is 2.09. The number of aliphatic hydroxyl groups is 1. The molecule has 0 saturated heterocycles. The molecule has 2 aliphatic rings. The number of carbonyl (C=O) groups is 1. The average Bonchev–Trinajstić information content (AvgIpc) is 2.85. The summed E-state index contributed by atoms with van der Waals surface area (Å²) < 4.78 is 0. The summed E-state index contributed by atoms with van der Waals surface area (Å²) >= 11 is 0. The van der Waals surface area contributed by atoms with Gasteiger partial charge in [-0.25, -0.2) is 0 Å². The normalized spacial score (nSPS) is 23.7. The lowest BCUT2D eigenvalue weighted by atomic mass is 9.80. The minimum Gasteiger partial charge on any atom is -0.508 e. The van der Waals surface area contributed by atoms with Gasteiger partial charge < -0.3 is 21.3 Å². The summed E-state index contributed by atoms with van der Waals surface area (Å²) in [4.78, 5) is 12.3. The molecule has 24 heavy (non-hydrogen) atoms. The number of aromatic hydroxyl groups is 1. The fraction of sp³-hybridized carbons (Fsp3) is 0.211.